The van der Waals surface area contributed by atoms with Gasteiger partial charge >= 0.3 is 0 Å². The monoisotopic (exact) mass is 263 g/mol. The van der Waals surface area contributed by atoms with E-state index in [4.69, 9.17) is 9.47 Å². The molecule has 0 radical (unpaired) electrons. The Kier molecular flexibility index (Phi) is 6.25. The zero-order valence-electron chi connectivity index (χ0n) is 9.65. The van der Waals surface area contributed by atoms with E-state index in [1.54, 1.807) is 38.5 Å². The van der Waals surface area contributed by atoms with Gasteiger partial charge in [-0.3, -0.25) is 0 Å². The average Bonchev–Trinajstić information content (AvgIpc) is 2.32. The molecule has 0 saturated heterocycles. The van der Waals surface area contributed by atoms with E-state index in [2.05, 4.69) is 5.32 Å². The molecule has 1 rings (SSSR count). The van der Waals surface area contributed by atoms with Gasteiger partial charge in [0.2, 0.25) is 0 Å². The smallest absolute Gasteiger partial charge is 0.288 e. The number of anilines is 1. The predicted octanol–water partition coefficient (Wildman–Crippen LogP) is 3.03. The van der Waals surface area contributed by atoms with E-state index in [1.165, 1.54) is 0 Å². The van der Waals surface area contributed by atoms with Crippen LogP contribution in [-0.2, 0) is 9.47 Å². The van der Waals surface area contributed by atoms with Crippen molar-refractivity contribution in [2.75, 3.05) is 26.1 Å². The topological polar surface area (TPSA) is 30.5 Å². The van der Waals surface area contributed by atoms with Crippen LogP contribution in [0.5, 0.6) is 0 Å². The molecule has 0 fully saturated rings. The molecule has 1 aromatic rings. The molecule has 0 aliphatic carbocycles. The molecule has 0 aromatic heterocycles. The number of nitrogens with one attached hydrogen (secondary N) is 1. The lowest BCUT2D eigenvalue weighted by Gasteiger charge is -2.15. The lowest BCUT2D eigenvalue weighted by atomic mass is 10.3. The molecule has 0 spiro atoms. The summed E-state index contributed by atoms with van der Waals surface area (Å²) in [6, 6.07) is 6.78. The quantitative estimate of drug-likeness (QED) is 0.605. The molecule has 0 heterocycles. The van der Waals surface area contributed by atoms with E-state index in [0.717, 1.165) is 5.69 Å². The van der Waals surface area contributed by atoms with Gasteiger partial charge in [0.25, 0.3) is 5.76 Å². The molecule has 0 atom stereocenters. The minimum Gasteiger partial charge on any atom is -0.380 e. The third-order valence-electron chi connectivity index (χ3n) is 2.08. The first-order valence-electron chi connectivity index (χ1n) is 5.00. The summed E-state index contributed by atoms with van der Waals surface area (Å²) in [5.74, 6) is -2.39. The van der Waals surface area contributed by atoms with Crippen molar-refractivity contribution in [3.8, 4) is 0 Å². The van der Waals surface area contributed by atoms with Crippen molar-refractivity contribution < 1.29 is 18.3 Å². The summed E-state index contributed by atoms with van der Waals surface area (Å²) < 4.78 is 34.2. The van der Waals surface area contributed by atoms with Gasteiger partial charge in [0.05, 0.1) is 6.54 Å². The maximum absolute atomic E-state index is 12.1. The molecule has 6 heteroatoms. The third-order valence-corrected chi connectivity index (χ3v) is 2.80. The average molecular weight is 263 g/mol. The van der Waals surface area contributed by atoms with Crippen LogP contribution in [0, 0.1) is 0 Å². The van der Waals surface area contributed by atoms with Crippen molar-refractivity contribution in [3.05, 3.63) is 24.3 Å². The summed E-state index contributed by atoms with van der Waals surface area (Å²) in [5, 5.41) is 3.08. The Bertz CT molecular complexity index is 318. The first kappa shape index (κ1) is 14.2. The van der Waals surface area contributed by atoms with E-state index >= 15 is 0 Å². The fourth-order valence-electron chi connectivity index (χ4n) is 1.22. The minimum atomic E-state index is -2.39. The fourth-order valence-corrected chi connectivity index (χ4v) is 1.72. The van der Waals surface area contributed by atoms with Gasteiger partial charge in [-0.2, -0.15) is 8.78 Å². The van der Waals surface area contributed by atoms with Gasteiger partial charge in [0, 0.05) is 24.8 Å². The van der Waals surface area contributed by atoms with Crippen molar-refractivity contribution in [1.29, 1.82) is 0 Å². The van der Waals surface area contributed by atoms with E-state index in [9.17, 15) is 8.78 Å². The van der Waals surface area contributed by atoms with Crippen LogP contribution < -0.4 is 5.32 Å². The van der Waals surface area contributed by atoms with E-state index in [1.807, 2.05) is 0 Å². The maximum atomic E-state index is 12.1. The Balaban J connectivity index is 2.45. The highest BCUT2D eigenvalue weighted by Gasteiger charge is 2.06. The fraction of sp³-hybridized carbons (Fsp3) is 0.455. The molecule has 0 amide bonds. The summed E-state index contributed by atoms with van der Waals surface area (Å²) >= 11 is 0.530. The number of rotatable bonds is 7. The first-order valence-corrected chi connectivity index (χ1v) is 5.88. The Hall–Kier alpha value is -0.850. The van der Waals surface area contributed by atoms with Gasteiger partial charge in [-0.05, 0) is 24.3 Å². The first-order chi connectivity index (χ1) is 8.15. The molecule has 0 bridgehead atoms. The van der Waals surface area contributed by atoms with Crippen LogP contribution >= 0.6 is 11.8 Å². The summed E-state index contributed by atoms with van der Waals surface area (Å²) in [7, 11) is 3.11. The Morgan fingerprint density at radius 2 is 1.76 bits per heavy atom. The molecule has 3 nitrogen and oxygen atoms in total. The predicted molar refractivity (Wildman–Crippen MR) is 64.6 cm³/mol. The lowest BCUT2D eigenvalue weighted by molar-refractivity contribution is -0.0914. The summed E-state index contributed by atoms with van der Waals surface area (Å²) in [5.41, 5.74) is 0.836. The molecule has 0 unspecified atom stereocenters. The highest BCUT2D eigenvalue weighted by molar-refractivity contribution is 7.99. The van der Waals surface area contributed by atoms with Gasteiger partial charge in [-0.25, -0.2) is 0 Å². The van der Waals surface area contributed by atoms with Crippen LogP contribution in [0.1, 0.15) is 0 Å². The summed E-state index contributed by atoms with van der Waals surface area (Å²) in [6.45, 7) is 0.494. The Morgan fingerprint density at radius 3 is 2.24 bits per heavy atom. The zero-order valence-corrected chi connectivity index (χ0v) is 10.5. The lowest BCUT2D eigenvalue weighted by Crippen LogP contribution is -2.23. The largest absolute Gasteiger partial charge is 0.380 e. The van der Waals surface area contributed by atoms with Crippen molar-refractivity contribution in [2.24, 2.45) is 0 Å². The SMILES string of the molecule is COC(CNc1ccc(SC(F)F)cc1)OC. The molecule has 1 aromatic carbocycles. The van der Waals surface area contributed by atoms with Crippen LogP contribution in [0.15, 0.2) is 29.2 Å². The molecular formula is C11H15F2NO2S. The molecule has 96 valence electrons. The van der Waals surface area contributed by atoms with E-state index < -0.39 is 5.76 Å². The van der Waals surface area contributed by atoms with Crippen LogP contribution in [0.4, 0.5) is 14.5 Å². The highest BCUT2D eigenvalue weighted by atomic mass is 32.2. The second-order valence-electron chi connectivity index (χ2n) is 3.18. The van der Waals surface area contributed by atoms with Crippen molar-refractivity contribution in [2.45, 2.75) is 16.9 Å². The van der Waals surface area contributed by atoms with Crippen molar-refractivity contribution >= 4 is 17.4 Å². The molecule has 0 aliphatic heterocycles. The Morgan fingerprint density at radius 1 is 1.18 bits per heavy atom. The second kappa shape index (κ2) is 7.47. The van der Waals surface area contributed by atoms with Crippen LogP contribution in [0.2, 0.25) is 0 Å². The van der Waals surface area contributed by atoms with Crippen molar-refractivity contribution in [1.82, 2.24) is 0 Å². The van der Waals surface area contributed by atoms with Gasteiger partial charge in [-0.15, -0.1) is 0 Å². The molecule has 0 saturated carbocycles. The molecule has 17 heavy (non-hydrogen) atoms. The van der Waals surface area contributed by atoms with E-state index in [-0.39, 0.29) is 6.29 Å². The van der Waals surface area contributed by atoms with Gasteiger partial charge in [0.15, 0.2) is 6.29 Å². The number of alkyl halides is 2. The zero-order chi connectivity index (χ0) is 12.7. The number of thioether (sulfide) groups is 1. The Labute approximate surface area is 103 Å². The van der Waals surface area contributed by atoms with Crippen LogP contribution in [0.25, 0.3) is 0 Å². The number of benzene rings is 1. The number of halogens is 2. The second-order valence-corrected chi connectivity index (χ2v) is 4.25. The molecular weight excluding hydrogens is 248 g/mol. The van der Waals surface area contributed by atoms with Gasteiger partial charge in [0.1, 0.15) is 0 Å². The van der Waals surface area contributed by atoms with E-state index in [0.29, 0.717) is 23.2 Å². The van der Waals surface area contributed by atoms with Crippen molar-refractivity contribution in [3.63, 3.8) is 0 Å². The van der Waals surface area contributed by atoms with Crippen LogP contribution in [-0.4, -0.2) is 32.8 Å². The number of hydrogen-bond donors (Lipinski definition) is 1. The van der Waals surface area contributed by atoms with Crippen LogP contribution in [0.3, 0.4) is 0 Å². The minimum absolute atomic E-state index is 0.329. The van der Waals surface area contributed by atoms with Gasteiger partial charge < -0.3 is 14.8 Å². The number of hydrogen-bond acceptors (Lipinski definition) is 4. The highest BCUT2D eigenvalue weighted by Crippen LogP contribution is 2.26. The molecule has 0 aliphatic rings. The molecule has 1 N–H and O–H groups in total. The number of ether oxygens (including phenoxy) is 2. The summed E-state index contributed by atoms with van der Waals surface area (Å²) in [6.07, 6.45) is -0.329. The maximum Gasteiger partial charge on any atom is 0.288 e. The van der Waals surface area contributed by atoms with Gasteiger partial charge in [-0.1, -0.05) is 11.8 Å². The third kappa shape index (κ3) is 5.34. The number of methoxy groups -OCH3 is 2. The standard InChI is InChI=1S/C11H15F2NO2S/c1-15-10(16-2)7-14-8-3-5-9(6-4-8)17-11(12)13/h3-6,10-11,14H,7H2,1-2H3. The normalized spacial score (nSPS) is 11.2. The summed E-state index contributed by atoms with van der Waals surface area (Å²) in [4.78, 5) is 0.542.